The molecule has 1 aromatic heterocycles. The Morgan fingerprint density at radius 1 is 1.06 bits per heavy atom. The molecule has 1 aliphatic rings. The number of nitrogens with zero attached hydrogens (tertiary/aromatic N) is 1. The number of anilines is 1. The Kier molecular flexibility index (Phi) is 6.02. The monoisotopic (exact) mass is 418 g/mol. The van der Waals surface area contributed by atoms with E-state index in [-0.39, 0.29) is 17.7 Å². The number of H-pyrrole nitrogens is 1. The summed E-state index contributed by atoms with van der Waals surface area (Å²) in [5.41, 5.74) is 4.77. The lowest BCUT2D eigenvalue weighted by atomic mass is 10.0. The fraction of sp³-hybridized carbons (Fsp3) is 0.292. The number of hydrogen-bond acceptors (Lipinski definition) is 3. The summed E-state index contributed by atoms with van der Waals surface area (Å²) in [6.45, 7) is 3.18. The smallest absolute Gasteiger partial charge is 0.317 e. The number of fused-ring (bicyclic) bond motifs is 3. The second-order valence-corrected chi connectivity index (χ2v) is 7.82. The van der Waals surface area contributed by atoms with E-state index in [1.807, 2.05) is 12.1 Å². The molecule has 0 saturated carbocycles. The standard InChI is InChI=1S/C24H26N4O3/c1-16(29)17-8-10-18(11-9-17)26-23(30)7-4-13-25-24(31)28-14-12-20-19-5-2-3-6-21(19)27-22(20)15-28/h2-3,5-6,8-11,27H,4,7,12-15H2,1H3,(H,25,31)(H,26,30). The highest BCUT2D eigenvalue weighted by Crippen LogP contribution is 2.27. The molecule has 4 rings (SSSR count). The van der Waals surface area contributed by atoms with Crippen LogP contribution in [0.4, 0.5) is 10.5 Å². The van der Waals surface area contributed by atoms with Crippen LogP contribution in [0.15, 0.2) is 48.5 Å². The summed E-state index contributed by atoms with van der Waals surface area (Å²) in [6.07, 6.45) is 1.69. The lowest BCUT2D eigenvalue weighted by Crippen LogP contribution is -2.43. The van der Waals surface area contributed by atoms with E-state index in [4.69, 9.17) is 0 Å². The van der Waals surface area contributed by atoms with Crippen molar-refractivity contribution in [3.63, 3.8) is 0 Å². The van der Waals surface area contributed by atoms with Gasteiger partial charge in [0.1, 0.15) is 0 Å². The van der Waals surface area contributed by atoms with Crippen LogP contribution in [0.3, 0.4) is 0 Å². The van der Waals surface area contributed by atoms with Crippen molar-refractivity contribution in [1.29, 1.82) is 0 Å². The van der Waals surface area contributed by atoms with E-state index in [2.05, 4.69) is 27.8 Å². The van der Waals surface area contributed by atoms with Crippen LogP contribution in [-0.2, 0) is 17.8 Å². The summed E-state index contributed by atoms with van der Waals surface area (Å²) < 4.78 is 0. The van der Waals surface area contributed by atoms with Gasteiger partial charge in [-0.1, -0.05) is 18.2 Å². The number of amides is 3. The van der Waals surface area contributed by atoms with Crippen LogP contribution in [0.25, 0.3) is 10.9 Å². The number of hydrogen-bond donors (Lipinski definition) is 3. The first kappa shape index (κ1) is 20.7. The van der Waals surface area contributed by atoms with E-state index in [0.29, 0.717) is 43.7 Å². The number of Topliss-reactive ketones (excluding diaryl/α,β-unsaturated/α-hetero) is 1. The topological polar surface area (TPSA) is 94.3 Å². The molecule has 0 unspecified atom stereocenters. The van der Waals surface area contributed by atoms with Crippen LogP contribution in [0, 0.1) is 0 Å². The van der Waals surface area contributed by atoms with E-state index in [9.17, 15) is 14.4 Å². The minimum atomic E-state index is -0.120. The molecule has 3 amide bonds. The molecule has 0 saturated heterocycles. The van der Waals surface area contributed by atoms with Gasteiger partial charge < -0.3 is 20.5 Å². The van der Waals surface area contributed by atoms with Crippen molar-refractivity contribution in [3.8, 4) is 0 Å². The number of aromatic amines is 1. The summed E-state index contributed by atoms with van der Waals surface area (Å²) in [4.78, 5) is 41.1. The number of urea groups is 1. The maximum absolute atomic E-state index is 12.5. The van der Waals surface area contributed by atoms with Gasteiger partial charge in [0.05, 0.1) is 6.54 Å². The van der Waals surface area contributed by atoms with E-state index in [1.54, 1.807) is 29.2 Å². The Morgan fingerprint density at radius 2 is 1.84 bits per heavy atom. The number of carbonyl (C=O) groups excluding carboxylic acids is 3. The highest BCUT2D eigenvalue weighted by atomic mass is 16.2. The maximum Gasteiger partial charge on any atom is 0.317 e. The summed E-state index contributed by atoms with van der Waals surface area (Å²) in [5, 5.41) is 6.95. The zero-order valence-corrected chi connectivity index (χ0v) is 17.5. The third-order valence-electron chi connectivity index (χ3n) is 5.60. The van der Waals surface area contributed by atoms with Crippen molar-refractivity contribution in [1.82, 2.24) is 15.2 Å². The molecule has 3 aromatic rings. The second-order valence-electron chi connectivity index (χ2n) is 7.82. The van der Waals surface area contributed by atoms with Crippen LogP contribution in [-0.4, -0.2) is 40.7 Å². The van der Waals surface area contributed by atoms with Crippen LogP contribution in [0.2, 0.25) is 0 Å². The number of rotatable bonds is 6. The fourth-order valence-electron chi connectivity index (χ4n) is 3.93. The quantitative estimate of drug-likeness (QED) is 0.419. The maximum atomic E-state index is 12.5. The zero-order chi connectivity index (χ0) is 21.8. The van der Waals surface area contributed by atoms with Gasteiger partial charge in [-0.05, 0) is 55.7 Å². The van der Waals surface area contributed by atoms with E-state index in [1.165, 1.54) is 17.9 Å². The van der Waals surface area contributed by atoms with Gasteiger partial charge in [0, 0.05) is 47.4 Å². The molecule has 0 bridgehead atoms. The first-order valence-electron chi connectivity index (χ1n) is 10.5. The van der Waals surface area contributed by atoms with Crippen molar-refractivity contribution >= 4 is 34.3 Å². The molecule has 0 spiro atoms. The Morgan fingerprint density at radius 3 is 2.61 bits per heavy atom. The number of benzene rings is 2. The molecule has 1 aliphatic heterocycles. The second kappa shape index (κ2) is 9.04. The SMILES string of the molecule is CC(=O)c1ccc(NC(=O)CCCNC(=O)N2CCc3c([nH]c4ccccc34)C2)cc1. The molecule has 7 heteroatoms. The predicted octanol–water partition coefficient (Wildman–Crippen LogP) is 3.86. The fourth-order valence-corrected chi connectivity index (χ4v) is 3.93. The van der Waals surface area contributed by atoms with Crippen molar-refractivity contribution in [2.75, 3.05) is 18.4 Å². The number of ketones is 1. The van der Waals surface area contributed by atoms with Crippen LogP contribution in [0.5, 0.6) is 0 Å². The molecule has 0 atom stereocenters. The number of carbonyl (C=O) groups is 3. The Labute approximate surface area is 180 Å². The molecule has 0 radical (unpaired) electrons. The Bertz CT molecular complexity index is 1120. The summed E-state index contributed by atoms with van der Waals surface area (Å²) in [5.74, 6) is -0.131. The number of aromatic nitrogens is 1. The van der Waals surface area contributed by atoms with E-state index in [0.717, 1.165) is 17.6 Å². The molecule has 31 heavy (non-hydrogen) atoms. The van der Waals surface area contributed by atoms with Gasteiger partial charge in [0.15, 0.2) is 5.78 Å². The van der Waals surface area contributed by atoms with Crippen molar-refractivity contribution in [2.45, 2.75) is 32.7 Å². The van der Waals surface area contributed by atoms with Gasteiger partial charge in [-0.2, -0.15) is 0 Å². The van der Waals surface area contributed by atoms with Gasteiger partial charge in [-0.15, -0.1) is 0 Å². The molecule has 3 N–H and O–H groups in total. The summed E-state index contributed by atoms with van der Waals surface area (Å²) in [7, 11) is 0. The zero-order valence-electron chi connectivity index (χ0n) is 17.5. The molecule has 0 fully saturated rings. The van der Waals surface area contributed by atoms with E-state index >= 15 is 0 Å². The lowest BCUT2D eigenvalue weighted by molar-refractivity contribution is -0.116. The van der Waals surface area contributed by atoms with Crippen molar-refractivity contribution in [2.24, 2.45) is 0 Å². The minimum Gasteiger partial charge on any atom is -0.357 e. The highest BCUT2D eigenvalue weighted by molar-refractivity contribution is 5.95. The van der Waals surface area contributed by atoms with Crippen LogP contribution < -0.4 is 10.6 Å². The van der Waals surface area contributed by atoms with Gasteiger partial charge in [-0.3, -0.25) is 9.59 Å². The van der Waals surface area contributed by atoms with Gasteiger partial charge >= 0.3 is 6.03 Å². The predicted molar refractivity (Wildman–Crippen MR) is 120 cm³/mol. The molecular weight excluding hydrogens is 392 g/mol. The van der Waals surface area contributed by atoms with Crippen LogP contribution in [0.1, 0.15) is 41.4 Å². The normalized spacial score (nSPS) is 13.0. The van der Waals surface area contributed by atoms with Gasteiger partial charge in [0.25, 0.3) is 0 Å². The third-order valence-corrected chi connectivity index (χ3v) is 5.60. The van der Waals surface area contributed by atoms with Crippen LogP contribution >= 0.6 is 0 Å². The van der Waals surface area contributed by atoms with E-state index < -0.39 is 0 Å². The minimum absolute atomic E-state index is 0.0110. The molecule has 2 heterocycles. The number of para-hydroxylation sites is 1. The van der Waals surface area contributed by atoms with Gasteiger partial charge in [-0.25, -0.2) is 4.79 Å². The first-order chi connectivity index (χ1) is 15.0. The highest BCUT2D eigenvalue weighted by Gasteiger charge is 2.23. The number of nitrogens with one attached hydrogen (secondary N) is 3. The summed E-state index contributed by atoms with van der Waals surface area (Å²) >= 11 is 0. The Hall–Kier alpha value is -3.61. The molecule has 160 valence electrons. The molecule has 7 nitrogen and oxygen atoms in total. The van der Waals surface area contributed by atoms with Gasteiger partial charge in [0.2, 0.25) is 5.91 Å². The van der Waals surface area contributed by atoms with Crippen molar-refractivity contribution in [3.05, 3.63) is 65.4 Å². The molecular formula is C24H26N4O3. The average Bonchev–Trinajstić information content (AvgIpc) is 3.14. The third kappa shape index (κ3) is 4.77. The summed E-state index contributed by atoms with van der Waals surface area (Å²) in [6, 6.07) is 14.9. The molecule has 2 aromatic carbocycles. The molecule has 0 aliphatic carbocycles. The Balaban J connectivity index is 1.20. The average molecular weight is 418 g/mol. The van der Waals surface area contributed by atoms with Crippen molar-refractivity contribution < 1.29 is 14.4 Å². The largest absolute Gasteiger partial charge is 0.357 e. The lowest BCUT2D eigenvalue weighted by Gasteiger charge is -2.27. The first-order valence-corrected chi connectivity index (χ1v) is 10.5.